The Labute approximate surface area is 128 Å². The molecular weight excluding hydrogens is 319 g/mol. The highest BCUT2D eigenvalue weighted by Gasteiger charge is 2.12. The normalized spacial score (nSPS) is 11.0. The van der Waals surface area contributed by atoms with Gasteiger partial charge in [0.25, 0.3) is 0 Å². The molecule has 8 nitrogen and oxygen atoms in total. The lowest BCUT2D eigenvalue weighted by atomic mass is 10.2. The first-order valence-electron chi connectivity index (χ1n) is 5.36. The van der Waals surface area contributed by atoms with Crippen LogP contribution in [0, 0.1) is 11.3 Å². The number of hydrogen-bond donors (Lipinski definition) is 3. The number of tetrazole rings is 1. The van der Waals surface area contributed by atoms with E-state index in [0.717, 1.165) is 0 Å². The first-order valence-corrected chi connectivity index (χ1v) is 6.11. The minimum absolute atomic E-state index is 0.0432. The third-order valence-electron chi connectivity index (χ3n) is 2.35. The van der Waals surface area contributed by atoms with Gasteiger partial charge in [0.1, 0.15) is 11.6 Å². The van der Waals surface area contributed by atoms with Crippen LogP contribution in [0.1, 0.15) is 16.2 Å². The van der Waals surface area contributed by atoms with Gasteiger partial charge < -0.3 is 10.4 Å². The van der Waals surface area contributed by atoms with Gasteiger partial charge in [-0.15, -0.1) is 10.2 Å². The number of H-pyrrole nitrogens is 1. The molecule has 1 aromatic heterocycles. The molecule has 0 unspecified atom stereocenters. The molecule has 21 heavy (non-hydrogen) atoms. The highest BCUT2D eigenvalue weighted by Crippen LogP contribution is 2.32. The molecule has 2 aromatic rings. The van der Waals surface area contributed by atoms with Crippen molar-refractivity contribution in [1.82, 2.24) is 20.6 Å². The molecule has 3 N–H and O–H groups in total. The number of benzene rings is 1. The van der Waals surface area contributed by atoms with Crippen molar-refractivity contribution >= 4 is 40.4 Å². The lowest BCUT2D eigenvalue weighted by Gasteiger charge is -2.07. The van der Waals surface area contributed by atoms with E-state index >= 15 is 0 Å². The van der Waals surface area contributed by atoms with E-state index in [1.807, 2.05) is 6.07 Å². The average Bonchev–Trinajstić information content (AvgIpc) is 2.97. The Morgan fingerprint density at radius 1 is 1.48 bits per heavy atom. The first kappa shape index (κ1) is 14.8. The van der Waals surface area contributed by atoms with Crippen molar-refractivity contribution in [2.24, 2.45) is 0 Å². The molecule has 0 aliphatic heterocycles. The summed E-state index contributed by atoms with van der Waals surface area (Å²) in [6.45, 7) is 0. The monoisotopic (exact) mass is 324 g/mol. The second-order valence-corrected chi connectivity index (χ2v) is 4.46. The number of carboxylic acid groups (broad SMARTS) is 1. The fourth-order valence-electron chi connectivity index (χ4n) is 1.39. The van der Waals surface area contributed by atoms with Gasteiger partial charge in [-0.3, -0.25) is 0 Å². The van der Waals surface area contributed by atoms with Crippen LogP contribution in [0.25, 0.3) is 5.57 Å². The topological polar surface area (TPSA) is 128 Å². The van der Waals surface area contributed by atoms with Gasteiger partial charge in [0.05, 0.1) is 21.3 Å². The quantitative estimate of drug-likeness (QED) is 0.735. The zero-order valence-corrected chi connectivity index (χ0v) is 11.6. The predicted molar refractivity (Wildman–Crippen MR) is 74.8 cm³/mol. The minimum atomic E-state index is -1.15. The number of rotatable bonds is 4. The zero-order valence-electron chi connectivity index (χ0n) is 10.1. The lowest BCUT2D eigenvalue weighted by molar-refractivity contribution is 0.0697. The number of anilines is 1. The van der Waals surface area contributed by atoms with Crippen LogP contribution >= 0.6 is 23.2 Å². The molecule has 0 bridgehead atoms. The number of carboxylic acids is 1. The third-order valence-corrected chi connectivity index (χ3v) is 3.16. The fraction of sp³-hybridized carbons (Fsp3) is 0. The predicted octanol–water partition coefficient (Wildman–Crippen LogP) is 2.18. The van der Waals surface area contributed by atoms with Crippen molar-refractivity contribution in [3.63, 3.8) is 0 Å². The summed E-state index contributed by atoms with van der Waals surface area (Å²) in [5, 5.41) is 33.7. The molecule has 2 rings (SSSR count). The summed E-state index contributed by atoms with van der Waals surface area (Å²) in [5.41, 5.74) is 0.271. The molecule has 0 saturated heterocycles. The van der Waals surface area contributed by atoms with Gasteiger partial charge in [-0.1, -0.05) is 23.2 Å². The number of aromatic amines is 1. The van der Waals surface area contributed by atoms with Crippen molar-refractivity contribution < 1.29 is 9.90 Å². The molecule has 0 aliphatic carbocycles. The number of nitriles is 1. The highest BCUT2D eigenvalue weighted by molar-refractivity contribution is 6.44. The third kappa shape index (κ3) is 3.28. The smallest absolute Gasteiger partial charge is 0.335 e. The van der Waals surface area contributed by atoms with Crippen LogP contribution in [0.15, 0.2) is 18.3 Å². The molecule has 106 valence electrons. The van der Waals surface area contributed by atoms with Gasteiger partial charge in [0.2, 0.25) is 5.82 Å². The van der Waals surface area contributed by atoms with Gasteiger partial charge in [-0.2, -0.15) is 10.5 Å². The van der Waals surface area contributed by atoms with Crippen LogP contribution in [-0.4, -0.2) is 31.7 Å². The van der Waals surface area contributed by atoms with Crippen LogP contribution in [0.3, 0.4) is 0 Å². The molecule has 0 atom stereocenters. The van der Waals surface area contributed by atoms with E-state index in [4.69, 9.17) is 33.6 Å². The second kappa shape index (κ2) is 6.21. The van der Waals surface area contributed by atoms with Crippen molar-refractivity contribution in [1.29, 1.82) is 5.26 Å². The van der Waals surface area contributed by atoms with E-state index in [1.165, 1.54) is 18.3 Å². The molecule has 1 heterocycles. The SMILES string of the molecule is N#CC(=CNc1cc(C(=O)O)cc(Cl)c1Cl)c1nn[nH]n1. The zero-order chi connectivity index (χ0) is 15.4. The molecule has 0 spiro atoms. The number of nitrogens with one attached hydrogen (secondary N) is 2. The van der Waals surface area contributed by atoms with Crippen molar-refractivity contribution in [3.05, 3.63) is 39.8 Å². The molecule has 0 saturated carbocycles. The molecular formula is C11H6Cl2N6O2. The van der Waals surface area contributed by atoms with E-state index in [2.05, 4.69) is 25.9 Å². The molecule has 10 heteroatoms. The van der Waals surface area contributed by atoms with E-state index < -0.39 is 5.97 Å². The van der Waals surface area contributed by atoms with Gasteiger partial charge in [-0.25, -0.2) is 4.79 Å². The average molecular weight is 325 g/mol. The van der Waals surface area contributed by atoms with E-state index in [0.29, 0.717) is 0 Å². The Bertz CT molecular complexity index is 751. The lowest BCUT2D eigenvalue weighted by Crippen LogP contribution is -2.00. The van der Waals surface area contributed by atoms with Crippen molar-refractivity contribution in [2.75, 3.05) is 5.32 Å². The maximum atomic E-state index is 11.0. The van der Waals surface area contributed by atoms with E-state index in [1.54, 1.807) is 0 Å². The van der Waals surface area contributed by atoms with Crippen molar-refractivity contribution in [2.45, 2.75) is 0 Å². The van der Waals surface area contributed by atoms with Gasteiger partial charge in [0, 0.05) is 6.20 Å². The Morgan fingerprint density at radius 2 is 2.24 bits per heavy atom. The molecule has 0 aliphatic rings. The number of nitrogens with zero attached hydrogens (tertiary/aromatic N) is 4. The Balaban J connectivity index is 2.35. The summed E-state index contributed by atoms with van der Waals surface area (Å²) in [6.07, 6.45) is 1.27. The summed E-state index contributed by atoms with van der Waals surface area (Å²) in [5.74, 6) is -1.07. The van der Waals surface area contributed by atoms with Crippen LogP contribution in [0.2, 0.25) is 10.0 Å². The largest absolute Gasteiger partial charge is 0.478 e. The van der Waals surface area contributed by atoms with Crippen molar-refractivity contribution in [3.8, 4) is 6.07 Å². The number of carbonyl (C=O) groups is 1. The van der Waals surface area contributed by atoms with Gasteiger partial charge in [0.15, 0.2) is 0 Å². The standard InChI is InChI=1S/C11H6Cl2N6O2/c12-7-1-5(11(20)21)2-8(9(7)13)15-4-6(3-14)10-16-18-19-17-10/h1-2,4,15H,(H,20,21)(H,16,17,18,19). The molecule has 0 amide bonds. The number of allylic oxidation sites excluding steroid dienone is 1. The summed E-state index contributed by atoms with van der Waals surface area (Å²) in [7, 11) is 0. The summed E-state index contributed by atoms with van der Waals surface area (Å²) >= 11 is 11.8. The summed E-state index contributed by atoms with van der Waals surface area (Å²) in [4.78, 5) is 11.0. The van der Waals surface area contributed by atoms with Gasteiger partial charge in [-0.05, 0) is 17.3 Å². The summed E-state index contributed by atoms with van der Waals surface area (Å²) in [6, 6.07) is 4.39. The van der Waals surface area contributed by atoms with Crippen LogP contribution in [-0.2, 0) is 0 Å². The number of halogens is 2. The Hall–Kier alpha value is -2.63. The minimum Gasteiger partial charge on any atom is -0.478 e. The van der Waals surface area contributed by atoms with E-state index in [-0.39, 0.29) is 32.7 Å². The van der Waals surface area contributed by atoms with E-state index in [9.17, 15) is 4.79 Å². The number of aromatic nitrogens is 4. The fourth-order valence-corrected chi connectivity index (χ4v) is 1.77. The maximum absolute atomic E-state index is 11.0. The maximum Gasteiger partial charge on any atom is 0.335 e. The van der Waals surface area contributed by atoms with Crippen LogP contribution in [0.4, 0.5) is 5.69 Å². The summed E-state index contributed by atoms with van der Waals surface area (Å²) < 4.78 is 0. The first-order chi connectivity index (χ1) is 10.0. The van der Waals surface area contributed by atoms with Crippen LogP contribution < -0.4 is 5.32 Å². The number of hydrogen-bond acceptors (Lipinski definition) is 6. The van der Waals surface area contributed by atoms with Gasteiger partial charge >= 0.3 is 5.97 Å². The Kier molecular flexibility index (Phi) is 4.37. The van der Waals surface area contributed by atoms with Crippen LogP contribution in [0.5, 0.6) is 0 Å². The molecule has 1 aromatic carbocycles. The Morgan fingerprint density at radius 3 is 2.81 bits per heavy atom. The number of aromatic carboxylic acids is 1. The highest BCUT2D eigenvalue weighted by atomic mass is 35.5. The molecule has 0 radical (unpaired) electrons. The second-order valence-electron chi connectivity index (χ2n) is 3.67. The molecule has 0 fully saturated rings.